The van der Waals surface area contributed by atoms with Crippen molar-refractivity contribution in [3.05, 3.63) is 47.8 Å². The highest BCUT2D eigenvalue weighted by Crippen LogP contribution is 2.20. The van der Waals surface area contributed by atoms with Crippen LogP contribution in [0.15, 0.2) is 36.5 Å². The molecule has 2 heterocycles. The number of amides is 2. The van der Waals surface area contributed by atoms with Gasteiger partial charge in [0, 0.05) is 50.9 Å². The summed E-state index contributed by atoms with van der Waals surface area (Å²) in [6.07, 6.45) is 1.80. The third-order valence-electron chi connectivity index (χ3n) is 5.07. The summed E-state index contributed by atoms with van der Waals surface area (Å²) in [6, 6.07) is 9.64. The molecular formula is C21H29N5O2. The number of carbonyl (C=O) groups excluding carboxylic acids is 1. The number of hydrogen-bond acceptors (Lipinski definition) is 5. The lowest BCUT2D eigenvalue weighted by atomic mass is 10.1. The van der Waals surface area contributed by atoms with Crippen molar-refractivity contribution in [3.8, 4) is 0 Å². The van der Waals surface area contributed by atoms with Gasteiger partial charge in [0.15, 0.2) is 0 Å². The molecule has 150 valence electrons. The molecule has 1 atom stereocenters. The van der Waals surface area contributed by atoms with Gasteiger partial charge in [-0.1, -0.05) is 26.0 Å². The topological polar surface area (TPSA) is 70.6 Å². The van der Waals surface area contributed by atoms with Crippen molar-refractivity contribution in [2.24, 2.45) is 0 Å². The molecule has 2 amide bonds. The van der Waals surface area contributed by atoms with Crippen LogP contribution in [0, 0.1) is 0 Å². The first-order chi connectivity index (χ1) is 13.5. The summed E-state index contributed by atoms with van der Waals surface area (Å²) in [7, 11) is 1.68. The quantitative estimate of drug-likeness (QED) is 0.853. The Morgan fingerprint density at radius 2 is 1.89 bits per heavy atom. The molecule has 0 saturated carbocycles. The summed E-state index contributed by atoms with van der Waals surface area (Å²) in [5, 5.41) is 2.99. The number of rotatable bonds is 5. The Kier molecular flexibility index (Phi) is 6.46. The summed E-state index contributed by atoms with van der Waals surface area (Å²) in [4.78, 5) is 25.7. The van der Waals surface area contributed by atoms with Crippen LogP contribution in [0.1, 0.15) is 44.1 Å². The van der Waals surface area contributed by atoms with Crippen molar-refractivity contribution in [1.29, 1.82) is 0 Å². The van der Waals surface area contributed by atoms with Gasteiger partial charge < -0.3 is 19.9 Å². The highest BCUT2D eigenvalue weighted by atomic mass is 16.5. The number of aromatic nitrogens is 2. The lowest BCUT2D eigenvalue weighted by molar-refractivity contribution is 0.119. The number of carbonyl (C=O) groups is 1. The number of nitrogens with zero attached hydrogens (tertiary/aromatic N) is 4. The van der Waals surface area contributed by atoms with E-state index in [1.807, 2.05) is 48.4 Å². The zero-order valence-corrected chi connectivity index (χ0v) is 17.1. The Hall–Kier alpha value is -2.67. The van der Waals surface area contributed by atoms with Gasteiger partial charge in [0.05, 0.1) is 6.10 Å². The molecule has 1 aromatic heterocycles. The van der Waals surface area contributed by atoms with Crippen LogP contribution in [0.4, 0.5) is 16.4 Å². The van der Waals surface area contributed by atoms with Crippen molar-refractivity contribution < 1.29 is 9.53 Å². The van der Waals surface area contributed by atoms with E-state index in [0.29, 0.717) is 19.0 Å². The molecule has 1 aliphatic heterocycles. The summed E-state index contributed by atoms with van der Waals surface area (Å²) < 4.78 is 5.35. The van der Waals surface area contributed by atoms with Gasteiger partial charge in [-0.05, 0) is 36.6 Å². The molecule has 1 N–H and O–H groups in total. The molecule has 0 aliphatic carbocycles. The smallest absolute Gasteiger partial charge is 0.321 e. The molecule has 1 aromatic carbocycles. The highest BCUT2D eigenvalue weighted by molar-refractivity contribution is 5.89. The number of methoxy groups -OCH3 is 1. The first-order valence-electron chi connectivity index (χ1n) is 9.74. The van der Waals surface area contributed by atoms with E-state index in [-0.39, 0.29) is 12.1 Å². The SMILES string of the molecule is CO[C@H](C)c1cccc(NC(=O)N2CCN(c3nccc(C(C)C)n3)CC2)c1. The second kappa shape index (κ2) is 9.01. The van der Waals surface area contributed by atoms with Gasteiger partial charge in [-0.2, -0.15) is 0 Å². The molecule has 0 radical (unpaired) electrons. The first kappa shape index (κ1) is 20.1. The predicted molar refractivity (Wildman–Crippen MR) is 111 cm³/mol. The first-order valence-corrected chi connectivity index (χ1v) is 9.74. The standard InChI is InChI=1S/C21H29N5O2/c1-15(2)19-8-9-22-20(24-19)25-10-12-26(13-11-25)21(27)23-18-7-5-6-17(14-18)16(3)28-4/h5-9,14-16H,10-13H2,1-4H3,(H,23,27)/t16-/m1/s1. The predicted octanol–water partition coefficient (Wildman–Crippen LogP) is 3.66. The van der Waals surface area contributed by atoms with Crippen LogP contribution in [0.2, 0.25) is 0 Å². The van der Waals surface area contributed by atoms with Crippen LogP contribution in [0.5, 0.6) is 0 Å². The molecule has 7 heteroatoms. The largest absolute Gasteiger partial charge is 0.377 e. The van der Waals surface area contributed by atoms with Crippen LogP contribution in [0.25, 0.3) is 0 Å². The van der Waals surface area contributed by atoms with Gasteiger partial charge in [0.1, 0.15) is 0 Å². The van der Waals surface area contributed by atoms with Gasteiger partial charge in [0.2, 0.25) is 5.95 Å². The van der Waals surface area contributed by atoms with Crippen molar-refractivity contribution in [2.45, 2.75) is 32.8 Å². The highest BCUT2D eigenvalue weighted by Gasteiger charge is 2.23. The lowest BCUT2D eigenvalue weighted by Gasteiger charge is -2.34. The second-order valence-electron chi connectivity index (χ2n) is 7.34. The number of anilines is 2. The molecule has 0 spiro atoms. The minimum absolute atomic E-state index is 0.0120. The van der Waals surface area contributed by atoms with Crippen molar-refractivity contribution in [1.82, 2.24) is 14.9 Å². The maximum absolute atomic E-state index is 12.6. The molecule has 28 heavy (non-hydrogen) atoms. The van der Waals surface area contributed by atoms with Gasteiger partial charge in [-0.15, -0.1) is 0 Å². The molecule has 0 unspecified atom stereocenters. The van der Waals surface area contributed by atoms with E-state index < -0.39 is 0 Å². The third kappa shape index (κ3) is 4.78. The van der Waals surface area contributed by atoms with E-state index in [1.165, 1.54) is 0 Å². The molecule has 7 nitrogen and oxygen atoms in total. The lowest BCUT2D eigenvalue weighted by Crippen LogP contribution is -2.50. The Labute approximate surface area is 166 Å². The van der Waals surface area contributed by atoms with E-state index in [9.17, 15) is 4.79 Å². The number of urea groups is 1. The number of ether oxygens (including phenoxy) is 1. The Morgan fingerprint density at radius 3 is 2.57 bits per heavy atom. The van der Waals surface area contributed by atoms with Gasteiger partial charge in [-0.3, -0.25) is 0 Å². The molecule has 1 aliphatic rings. The fourth-order valence-corrected chi connectivity index (χ4v) is 3.15. The Balaban J connectivity index is 1.58. The zero-order valence-electron chi connectivity index (χ0n) is 17.1. The van der Waals surface area contributed by atoms with Gasteiger partial charge in [0.25, 0.3) is 0 Å². The average molecular weight is 383 g/mol. The maximum atomic E-state index is 12.6. The summed E-state index contributed by atoms with van der Waals surface area (Å²) in [5.74, 6) is 1.11. The van der Waals surface area contributed by atoms with E-state index >= 15 is 0 Å². The van der Waals surface area contributed by atoms with E-state index in [1.54, 1.807) is 7.11 Å². The maximum Gasteiger partial charge on any atom is 0.321 e. The van der Waals surface area contributed by atoms with E-state index in [4.69, 9.17) is 4.74 Å². The minimum atomic E-state index is -0.0845. The normalized spacial score (nSPS) is 15.6. The minimum Gasteiger partial charge on any atom is -0.377 e. The zero-order chi connectivity index (χ0) is 20.1. The van der Waals surface area contributed by atoms with E-state index in [0.717, 1.165) is 36.0 Å². The fraction of sp³-hybridized carbons (Fsp3) is 0.476. The molecule has 0 bridgehead atoms. The Bertz CT molecular complexity index is 803. The number of piperazine rings is 1. The van der Waals surface area contributed by atoms with Gasteiger partial charge >= 0.3 is 6.03 Å². The Morgan fingerprint density at radius 1 is 1.14 bits per heavy atom. The van der Waals surface area contributed by atoms with Gasteiger partial charge in [-0.25, -0.2) is 14.8 Å². The van der Waals surface area contributed by atoms with Crippen LogP contribution in [-0.4, -0.2) is 54.2 Å². The molecular weight excluding hydrogens is 354 g/mol. The number of hydrogen-bond donors (Lipinski definition) is 1. The van der Waals surface area contributed by atoms with Crippen LogP contribution in [-0.2, 0) is 4.74 Å². The average Bonchev–Trinajstić information content (AvgIpc) is 2.73. The van der Waals surface area contributed by atoms with Crippen LogP contribution in [0.3, 0.4) is 0 Å². The third-order valence-corrected chi connectivity index (χ3v) is 5.07. The second-order valence-corrected chi connectivity index (χ2v) is 7.34. The van der Waals surface area contributed by atoms with Crippen molar-refractivity contribution in [3.63, 3.8) is 0 Å². The monoisotopic (exact) mass is 383 g/mol. The summed E-state index contributed by atoms with van der Waals surface area (Å²) in [6.45, 7) is 8.93. The van der Waals surface area contributed by atoms with Crippen molar-refractivity contribution in [2.75, 3.05) is 43.5 Å². The van der Waals surface area contributed by atoms with Crippen LogP contribution < -0.4 is 10.2 Å². The summed E-state index contributed by atoms with van der Waals surface area (Å²) >= 11 is 0. The molecule has 2 aromatic rings. The number of nitrogens with one attached hydrogen (secondary N) is 1. The number of benzene rings is 1. The molecule has 1 saturated heterocycles. The molecule has 3 rings (SSSR count). The molecule has 1 fully saturated rings. The summed E-state index contributed by atoms with van der Waals surface area (Å²) in [5.41, 5.74) is 2.85. The van der Waals surface area contributed by atoms with Crippen molar-refractivity contribution >= 4 is 17.7 Å². The fourth-order valence-electron chi connectivity index (χ4n) is 3.15. The van der Waals surface area contributed by atoms with E-state index in [2.05, 4.69) is 34.0 Å². The van der Waals surface area contributed by atoms with Crippen LogP contribution >= 0.6 is 0 Å².